The van der Waals surface area contributed by atoms with Gasteiger partial charge in [-0.3, -0.25) is 9.48 Å². The van der Waals surface area contributed by atoms with Gasteiger partial charge in [0, 0.05) is 0 Å². The minimum absolute atomic E-state index is 0.104. The van der Waals surface area contributed by atoms with E-state index in [1.165, 1.54) is 0 Å². The molecule has 1 amide bonds. The highest BCUT2D eigenvalue weighted by molar-refractivity contribution is 5.95. The minimum Gasteiger partial charge on any atom is -0.343 e. The van der Waals surface area contributed by atoms with Gasteiger partial charge in [-0.15, -0.1) is 0 Å². The molecule has 0 aliphatic heterocycles. The van der Waals surface area contributed by atoms with Crippen LogP contribution in [0.5, 0.6) is 0 Å². The van der Waals surface area contributed by atoms with Crippen molar-refractivity contribution in [3.63, 3.8) is 0 Å². The number of amides is 1. The van der Waals surface area contributed by atoms with Crippen molar-refractivity contribution < 1.29 is 22.5 Å². The number of carbonyl (C=O) groups is 1. The second kappa shape index (κ2) is 5.67. The van der Waals surface area contributed by atoms with E-state index >= 15 is 0 Å². The quantitative estimate of drug-likeness (QED) is 0.932. The number of nitrogens with one attached hydrogen (secondary N) is 1. The van der Waals surface area contributed by atoms with Crippen molar-refractivity contribution in [2.24, 2.45) is 0 Å². The largest absolute Gasteiger partial charge is 0.433 e. The highest BCUT2D eigenvalue weighted by Gasteiger charge is 2.42. The molecule has 2 heterocycles. The molecule has 10 heteroatoms. The lowest BCUT2D eigenvalue weighted by Crippen LogP contribution is -2.31. The number of rotatable bonds is 3. The van der Waals surface area contributed by atoms with E-state index in [0.717, 1.165) is 10.9 Å². The zero-order valence-corrected chi connectivity index (χ0v) is 13.0. The van der Waals surface area contributed by atoms with Crippen LogP contribution in [0.3, 0.4) is 0 Å². The summed E-state index contributed by atoms with van der Waals surface area (Å²) >= 11 is 0. The maximum atomic E-state index is 13.3. The first-order valence-electron chi connectivity index (χ1n) is 6.73. The molecule has 0 fully saturated rings. The monoisotopic (exact) mass is 331 g/mol. The Morgan fingerprint density at radius 2 is 2.00 bits per heavy atom. The molecular weight excluding hydrogens is 315 g/mol. The van der Waals surface area contributed by atoms with Crippen LogP contribution in [0, 0.1) is 6.92 Å². The summed E-state index contributed by atoms with van der Waals surface area (Å²) in [6.45, 7) is 6.12. The number of hydrogen-bond acceptors (Lipinski definition) is 5. The molecule has 0 aromatic carbocycles. The van der Waals surface area contributed by atoms with E-state index in [1.807, 2.05) is 0 Å². The van der Waals surface area contributed by atoms with E-state index in [-0.39, 0.29) is 12.4 Å². The zero-order valence-electron chi connectivity index (χ0n) is 13.0. The van der Waals surface area contributed by atoms with E-state index in [1.54, 1.807) is 27.7 Å². The third kappa shape index (κ3) is 3.69. The van der Waals surface area contributed by atoms with Crippen molar-refractivity contribution in [3.05, 3.63) is 29.2 Å². The average molecular weight is 331 g/mol. The second-order valence-electron chi connectivity index (χ2n) is 5.91. The average Bonchev–Trinajstić information content (AvgIpc) is 3.00. The molecule has 23 heavy (non-hydrogen) atoms. The number of carbonyl (C=O) groups excluding carboxylic acids is 1. The molecule has 0 aliphatic rings. The number of aromatic nitrogens is 4. The lowest BCUT2D eigenvalue weighted by Gasteiger charge is -2.23. The SMILES string of the molecule is Cc1noc(CNC(=O)c2cnn(C(C)(C)C)c2C(F)(F)F)n1. The van der Waals surface area contributed by atoms with E-state index in [2.05, 4.69) is 20.6 Å². The minimum atomic E-state index is -4.71. The fraction of sp³-hybridized carbons (Fsp3) is 0.538. The third-order valence-corrected chi connectivity index (χ3v) is 2.89. The molecule has 0 spiro atoms. The van der Waals surface area contributed by atoms with E-state index in [0.29, 0.717) is 5.82 Å². The summed E-state index contributed by atoms with van der Waals surface area (Å²) in [5.41, 5.74) is -2.57. The molecule has 126 valence electrons. The van der Waals surface area contributed by atoms with Gasteiger partial charge in [0.05, 0.1) is 23.8 Å². The van der Waals surface area contributed by atoms with Crippen LogP contribution in [-0.2, 0) is 18.3 Å². The van der Waals surface area contributed by atoms with Crippen LogP contribution in [0.2, 0.25) is 0 Å². The lowest BCUT2D eigenvalue weighted by molar-refractivity contribution is -0.146. The normalized spacial score (nSPS) is 12.5. The van der Waals surface area contributed by atoms with Gasteiger partial charge in [-0.2, -0.15) is 23.3 Å². The Kier molecular flexibility index (Phi) is 4.18. The highest BCUT2D eigenvalue weighted by atomic mass is 19.4. The van der Waals surface area contributed by atoms with E-state index < -0.39 is 28.9 Å². The molecule has 0 bridgehead atoms. The fourth-order valence-electron chi connectivity index (χ4n) is 1.96. The van der Waals surface area contributed by atoms with Crippen molar-refractivity contribution in [2.75, 3.05) is 0 Å². The predicted molar refractivity (Wildman–Crippen MR) is 72.4 cm³/mol. The van der Waals surface area contributed by atoms with Crippen LogP contribution in [0.25, 0.3) is 0 Å². The van der Waals surface area contributed by atoms with Gasteiger partial charge in [0.15, 0.2) is 11.5 Å². The maximum absolute atomic E-state index is 13.3. The summed E-state index contributed by atoms with van der Waals surface area (Å²) in [5, 5.41) is 9.56. The van der Waals surface area contributed by atoms with Crippen LogP contribution in [0.4, 0.5) is 13.2 Å². The molecule has 2 aromatic heterocycles. The molecule has 0 atom stereocenters. The topological polar surface area (TPSA) is 85.8 Å². The van der Waals surface area contributed by atoms with Gasteiger partial charge in [-0.05, 0) is 27.7 Å². The molecule has 0 aliphatic carbocycles. The molecule has 0 unspecified atom stereocenters. The Bertz CT molecular complexity index is 712. The lowest BCUT2D eigenvalue weighted by atomic mass is 10.1. The fourth-order valence-corrected chi connectivity index (χ4v) is 1.96. The number of halogens is 3. The summed E-state index contributed by atoms with van der Waals surface area (Å²) in [4.78, 5) is 15.9. The molecule has 0 saturated heterocycles. The number of nitrogens with zero attached hydrogens (tertiary/aromatic N) is 4. The van der Waals surface area contributed by atoms with Gasteiger partial charge in [0.25, 0.3) is 5.91 Å². The zero-order chi connectivity index (χ0) is 17.4. The second-order valence-corrected chi connectivity index (χ2v) is 5.91. The summed E-state index contributed by atoms with van der Waals surface area (Å²) in [6.07, 6.45) is -3.81. The third-order valence-electron chi connectivity index (χ3n) is 2.89. The first-order chi connectivity index (χ1) is 10.5. The maximum Gasteiger partial charge on any atom is 0.433 e. The summed E-state index contributed by atoms with van der Waals surface area (Å²) in [6, 6.07) is 0. The number of hydrogen-bond donors (Lipinski definition) is 1. The van der Waals surface area contributed by atoms with Crippen LogP contribution in [0.15, 0.2) is 10.7 Å². The Morgan fingerprint density at radius 1 is 1.35 bits per heavy atom. The van der Waals surface area contributed by atoms with Gasteiger partial charge in [0.2, 0.25) is 5.89 Å². The molecular formula is C13H16F3N5O2. The molecule has 2 aromatic rings. The van der Waals surface area contributed by atoms with Gasteiger partial charge in [0.1, 0.15) is 0 Å². The van der Waals surface area contributed by atoms with Crippen molar-refractivity contribution in [3.8, 4) is 0 Å². The van der Waals surface area contributed by atoms with Gasteiger partial charge in [-0.1, -0.05) is 5.16 Å². The Hall–Kier alpha value is -2.39. The van der Waals surface area contributed by atoms with Gasteiger partial charge >= 0.3 is 6.18 Å². The highest BCUT2D eigenvalue weighted by Crippen LogP contribution is 2.34. The van der Waals surface area contributed by atoms with Crippen molar-refractivity contribution in [1.82, 2.24) is 25.2 Å². The number of aryl methyl sites for hydroxylation is 1. The standard InChI is InChI=1S/C13H16F3N5O2/c1-7-19-9(23-20-7)6-17-11(22)8-5-18-21(12(2,3)4)10(8)13(14,15)16/h5H,6H2,1-4H3,(H,17,22). The van der Waals surface area contributed by atoms with E-state index in [9.17, 15) is 18.0 Å². The predicted octanol–water partition coefficient (Wildman–Crippen LogP) is 2.28. The van der Waals surface area contributed by atoms with Crippen molar-refractivity contribution >= 4 is 5.91 Å². The first kappa shape index (κ1) is 17.0. The molecule has 2 rings (SSSR count). The number of alkyl halides is 3. The van der Waals surface area contributed by atoms with Crippen LogP contribution < -0.4 is 5.32 Å². The van der Waals surface area contributed by atoms with Crippen LogP contribution in [-0.4, -0.2) is 25.8 Å². The molecule has 0 radical (unpaired) electrons. The molecule has 0 saturated carbocycles. The van der Waals surface area contributed by atoms with E-state index in [4.69, 9.17) is 4.52 Å². The van der Waals surface area contributed by atoms with Crippen molar-refractivity contribution in [1.29, 1.82) is 0 Å². The first-order valence-corrected chi connectivity index (χ1v) is 6.73. The van der Waals surface area contributed by atoms with Crippen LogP contribution >= 0.6 is 0 Å². The smallest absolute Gasteiger partial charge is 0.343 e. The summed E-state index contributed by atoms with van der Waals surface area (Å²) < 4.78 is 45.5. The summed E-state index contributed by atoms with van der Waals surface area (Å²) in [7, 11) is 0. The van der Waals surface area contributed by atoms with Gasteiger partial charge < -0.3 is 9.84 Å². The Morgan fingerprint density at radius 3 is 2.48 bits per heavy atom. The van der Waals surface area contributed by atoms with Crippen molar-refractivity contribution in [2.45, 2.75) is 46.0 Å². The Labute approximate surface area is 129 Å². The summed E-state index contributed by atoms with van der Waals surface area (Å²) in [5.74, 6) is -0.443. The van der Waals surface area contributed by atoms with Gasteiger partial charge in [-0.25, -0.2) is 0 Å². The Balaban J connectivity index is 2.28. The molecule has 7 nitrogen and oxygen atoms in total. The van der Waals surface area contributed by atoms with Crippen LogP contribution in [0.1, 0.15) is 48.5 Å². The molecule has 1 N–H and O–H groups in total.